The Hall–Kier alpha value is -1.92. The van der Waals surface area contributed by atoms with Crippen LogP contribution in [0.2, 0.25) is 0 Å². The monoisotopic (exact) mass is 350 g/mol. The number of hydrogen-bond acceptors (Lipinski definition) is 4. The summed E-state index contributed by atoms with van der Waals surface area (Å²) in [6.45, 7) is 2.11. The fourth-order valence-electron chi connectivity index (χ4n) is 1.96. The Morgan fingerprint density at radius 3 is 2.67 bits per heavy atom. The Labute approximate surface area is 131 Å². The standard InChI is InChI=1S/C15H15BrN2O3/c1-10(17)12-6-2-3-8-14(12)21-9-11-5-4-7-13(15(11)16)18(19)20/h2-8,10H,9,17H2,1H3/t10-/m1/s1. The fraction of sp³-hybridized carbons (Fsp3) is 0.200. The maximum absolute atomic E-state index is 10.9. The third-order valence-corrected chi connectivity index (χ3v) is 3.96. The number of nitro benzene ring substituents is 1. The minimum atomic E-state index is -0.427. The first-order chi connectivity index (χ1) is 10.0. The van der Waals surface area contributed by atoms with Crippen molar-refractivity contribution < 1.29 is 9.66 Å². The predicted octanol–water partition coefficient (Wildman–Crippen LogP) is 3.96. The molecule has 2 aromatic rings. The van der Waals surface area contributed by atoms with Crippen LogP contribution in [0.25, 0.3) is 0 Å². The largest absolute Gasteiger partial charge is 0.489 e. The summed E-state index contributed by atoms with van der Waals surface area (Å²) in [7, 11) is 0. The third-order valence-electron chi connectivity index (χ3n) is 3.05. The number of nitrogens with two attached hydrogens (primary N) is 1. The van der Waals surface area contributed by atoms with E-state index in [1.165, 1.54) is 6.07 Å². The molecule has 0 aliphatic heterocycles. The van der Waals surface area contributed by atoms with E-state index >= 15 is 0 Å². The minimum Gasteiger partial charge on any atom is -0.489 e. The molecule has 0 aliphatic carbocycles. The summed E-state index contributed by atoms with van der Waals surface area (Å²) in [5.41, 5.74) is 7.54. The maximum atomic E-state index is 10.9. The SMILES string of the molecule is C[C@@H](N)c1ccccc1OCc1cccc([N+](=O)[O-])c1Br. The zero-order valence-electron chi connectivity index (χ0n) is 11.5. The molecule has 0 radical (unpaired) electrons. The summed E-state index contributed by atoms with van der Waals surface area (Å²) in [6.07, 6.45) is 0. The molecule has 0 spiro atoms. The number of nitro groups is 1. The summed E-state index contributed by atoms with van der Waals surface area (Å²) in [6, 6.07) is 12.2. The Bertz CT molecular complexity index is 659. The summed E-state index contributed by atoms with van der Waals surface area (Å²) < 4.78 is 6.21. The van der Waals surface area contributed by atoms with Crippen LogP contribution < -0.4 is 10.5 Å². The van der Waals surface area contributed by atoms with Crippen LogP contribution in [-0.2, 0) is 6.61 Å². The summed E-state index contributed by atoms with van der Waals surface area (Å²) in [4.78, 5) is 10.5. The van der Waals surface area contributed by atoms with Crippen LogP contribution in [0.5, 0.6) is 5.75 Å². The molecular formula is C15H15BrN2O3. The van der Waals surface area contributed by atoms with E-state index in [1.807, 2.05) is 31.2 Å². The lowest BCUT2D eigenvalue weighted by Crippen LogP contribution is -2.08. The second kappa shape index (κ2) is 6.69. The molecule has 0 aromatic heterocycles. The van der Waals surface area contributed by atoms with Crippen molar-refractivity contribution in [2.75, 3.05) is 0 Å². The predicted molar refractivity (Wildman–Crippen MR) is 84.2 cm³/mol. The van der Waals surface area contributed by atoms with Crippen molar-refractivity contribution in [3.8, 4) is 5.75 Å². The van der Waals surface area contributed by atoms with Crippen molar-refractivity contribution in [2.24, 2.45) is 5.73 Å². The van der Waals surface area contributed by atoms with E-state index in [-0.39, 0.29) is 18.3 Å². The van der Waals surface area contributed by atoms with Gasteiger partial charge in [0.25, 0.3) is 5.69 Å². The quantitative estimate of drug-likeness (QED) is 0.653. The van der Waals surface area contributed by atoms with Gasteiger partial charge in [0.1, 0.15) is 16.8 Å². The van der Waals surface area contributed by atoms with E-state index in [0.29, 0.717) is 15.8 Å². The van der Waals surface area contributed by atoms with Gasteiger partial charge in [0, 0.05) is 23.2 Å². The van der Waals surface area contributed by atoms with Gasteiger partial charge in [0.2, 0.25) is 0 Å². The highest BCUT2D eigenvalue weighted by Gasteiger charge is 2.15. The van der Waals surface area contributed by atoms with Gasteiger partial charge in [-0.25, -0.2) is 0 Å². The molecule has 0 fully saturated rings. The summed E-state index contributed by atoms with van der Waals surface area (Å²) in [5.74, 6) is 0.686. The molecule has 0 unspecified atom stereocenters. The lowest BCUT2D eigenvalue weighted by Gasteiger charge is -2.14. The van der Waals surface area contributed by atoms with E-state index in [1.54, 1.807) is 12.1 Å². The second-order valence-electron chi connectivity index (χ2n) is 4.62. The number of hydrogen-bond donors (Lipinski definition) is 1. The molecule has 0 aliphatic rings. The normalized spacial score (nSPS) is 12.0. The first kappa shape index (κ1) is 15.5. The van der Waals surface area contributed by atoms with Crippen LogP contribution in [0.4, 0.5) is 5.69 Å². The van der Waals surface area contributed by atoms with E-state index in [4.69, 9.17) is 10.5 Å². The number of nitrogens with zero attached hydrogens (tertiary/aromatic N) is 1. The smallest absolute Gasteiger partial charge is 0.283 e. The van der Waals surface area contributed by atoms with Gasteiger partial charge in [-0.15, -0.1) is 0 Å². The van der Waals surface area contributed by atoms with Gasteiger partial charge in [-0.2, -0.15) is 0 Å². The molecule has 0 saturated heterocycles. The van der Waals surface area contributed by atoms with E-state index in [9.17, 15) is 10.1 Å². The van der Waals surface area contributed by atoms with Crippen molar-refractivity contribution in [1.82, 2.24) is 0 Å². The number of halogens is 1. The van der Waals surface area contributed by atoms with Gasteiger partial charge < -0.3 is 10.5 Å². The van der Waals surface area contributed by atoms with Crippen LogP contribution in [-0.4, -0.2) is 4.92 Å². The molecule has 2 aromatic carbocycles. The molecule has 110 valence electrons. The fourth-order valence-corrected chi connectivity index (χ4v) is 2.49. The molecular weight excluding hydrogens is 336 g/mol. The van der Waals surface area contributed by atoms with Crippen LogP contribution in [0, 0.1) is 10.1 Å². The molecule has 6 heteroatoms. The van der Waals surface area contributed by atoms with Gasteiger partial charge >= 0.3 is 0 Å². The first-order valence-electron chi connectivity index (χ1n) is 6.39. The zero-order chi connectivity index (χ0) is 15.4. The average molecular weight is 351 g/mol. The molecule has 1 atom stereocenters. The van der Waals surface area contributed by atoms with Gasteiger partial charge in [0.15, 0.2) is 0 Å². The first-order valence-corrected chi connectivity index (χ1v) is 7.19. The van der Waals surface area contributed by atoms with Gasteiger partial charge in [-0.05, 0) is 28.9 Å². The maximum Gasteiger partial charge on any atom is 0.283 e. The Morgan fingerprint density at radius 2 is 2.00 bits per heavy atom. The van der Waals surface area contributed by atoms with E-state index in [0.717, 1.165) is 5.56 Å². The third kappa shape index (κ3) is 3.59. The molecule has 21 heavy (non-hydrogen) atoms. The Balaban J connectivity index is 2.21. The highest BCUT2D eigenvalue weighted by atomic mass is 79.9. The van der Waals surface area contributed by atoms with Gasteiger partial charge in [0.05, 0.1) is 4.92 Å². The van der Waals surface area contributed by atoms with E-state index in [2.05, 4.69) is 15.9 Å². The van der Waals surface area contributed by atoms with Crippen molar-refractivity contribution >= 4 is 21.6 Å². The van der Waals surface area contributed by atoms with Crippen molar-refractivity contribution in [3.05, 3.63) is 68.2 Å². The molecule has 0 bridgehead atoms. The van der Waals surface area contributed by atoms with Gasteiger partial charge in [-0.3, -0.25) is 10.1 Å². The number of rotatable bonds is 5. The van der Waals surface area contributed by atoms with E-state index < -0.39 is 4.92 Å². The number of para-hydroxylation sites is 1. The van der Waals surface area contributed by atoms with Gasteiger partial charge in [-0.1, -0.05) is 30.3 Å². The van der Waals surface area contributed by atoms with Crippen LogP contribution in [0.1, 0.15) is 24.1 Å². The summed E-state index contributed by atoms with van der Waals surface area (Å²) in [5, 5.41) is 10.9. The minimum absolute atomic E-state index is 0.0246. The Kier molecular flexibility index (Phi) is 4.93. The second-order valence-corrected chi connectivity index (χ2v) is 5.42. The number of ether oxygens (including phenoxy) is 1. The van der Waals surface area contributed by atoms with Crippen molar-refractivity contribution in [1.29, 1.82) is 0 Å². The molecule has 2 N–H and O–H groups in total. The highest BCUT2D eigenvalue weighted by molar-refractivity contribution is 9.10. The van der Waals surface area contributed by atoms with Crippen LogP contribution in [0.15, 0.2) is 46.9 Å². The van der Waals surface area contributed by atoms with Crippen LogP contribution in [0.3, 0.4) is 0 Å². The lowest BCUT2D eigenvalue weighted by atomic mass is 10.1. The molecule has 0 heterocycles. The molecule has 0 saturated carbocycles. The molecule has 2 rings (SSSR count). The zero-order valence-corrected chi connectivity index (χ0v) is 13.0. The molecule has 0 amide bonds. The van der Waals surface area contributed by atoms with Crippen LogP contribution >= 0.6 is 15.9 Å². The Morgan fingerprint density at radius 1 is 1.29 bits per heavy atom. The number of benzene rings is 2. The average Bonchev–Trinajstić information content (AvgIpc) is 2.46. The summed E-state index contributed by atoms with van der Waals surface area (Å²) >= 11 is 3.26. The van der Waals surface area contributed by atoms with Crippen molar-refractivity contribution in [2.45, 2.75) is 19.6 Å². The lowest BCUT2D eigenvalue weighted by molar-refractivity contribution is -0.385. The molecule has 5 nitrogen and oxygen atoms in total. The van der Waals surface area contributed by atoms with Crippen molar-refractivity contribution in [3.63, 3.8) is 0 Å². The highest BCUT2D eigenvalue weighted by Crippen LogP contribution is 2.30. The topological polar surface area (TPSA) is 78.4 Å².